The molecule has 0 aliphatic rings. The number of hydrogen-bond acceptors (Lipinski definition) is 4. The molecule has 0 atom stereocenters. The average Bonchev–Trinajstić information content (AvgIpc) is 2.74. The molecule has 0 N–H and O–H groups in total. The Morgan fingerprint density at radius 2 is 2.16 bits per heavy atom. The second-order valence-corrected chi connectivity index (χ2v) is 4.17. The summed E-state index contributed by atoms with van der Waals surface area (Å²) >= 11 is 0. The van der Waals surface area contributed by atoms with Gasteiger partial charge in [0.2, 0.25) is 0 Å². The highest BCUT2D eigenvalue weighted by atomic mass is 19.1. The molecule has 0 aliphatic heterocycles. The maximum Gasteiger partial charge on any atom is 0.344 e. The normalized spacial score (nSPS) is 10.5. The smallest absolute Gasteiger partial charge is 0.344 e. The predicted octanol–water partition coefficient (Wildman–Crippen LogP) is 3.27. The summed E-state index contributed by atoms with van der Waals surface area (Å²) in [6.45, 7) is 5.36. The molecule has 0 fully saturated rings. The number of carbonyl (C=O) groups excluding carboxylic acids is 1. The van der Waals surface area contributed by atoms with E-state index < -0.39 is 11.8 Å². The van der Waals surface area contributed by atoms with Gasteiger partial charge in [0, 0.05) is 5.56 Å². The van der Waals surface area contributed by atoms with Gasteiger partial charge < -0.3 is 9.26 Å². The molecule has 0 saturated carbocycles. The largest absolute Gasteiger partial charge is 0.462 e. The first kappa shape index (κ1) is 13.3. The molecular formula is C14H14FNO3. The quantitative estimate of drug-likeness (QED) is 0.797. The molecule has 0 spiro atoms. The van der Waals surface area contributed by atoms with Crippen molar-refractivity contribution < 1.29 is 18.4 Å². The lowest BCUT2D eigenvalue weighted by Crippen LogP contribution is -2.07. The van der Waals surface area contributed by atoms with Crippen LogP contribution in [0.25, 0.3) is 11.3 Å². The number of carbonyl (C=O) groups is 1. The molecule has 0 unspecified atom stereocenters. The molecule has 5 heteroatoms. The van der Waals surface area contributed by atoms with Crippen LogP contribution in [0, 0.1) is 19.7 Å². The van der Waals surface area contributed by atoms with Crippen LogP contribution in [0.5, 0.6) is 0 Å². The van der Waals surface area contributed by atoms with Crippen molar-refractivity contribution in [1.29, 1.82) is 0 Å². The van der Waals surface area contributed by atoms with Crippen molar-refractivity contribution in [2.24, 2.45) is 0 Å². The molecule has 1 aromatic heterocycles. The lowest BCUT2D eigenvalue weighted by Gasteiger charge is -2.04. The van der Waals surface area contributed by atoms with E-state index in [1.807, 2.05) is 6.92 Å². The summed E-state index contributed by atoms with van der Waals surface area (Å²) in [5, 5.41) is 3.78. The van der Waals surface area contributed by atoms with Gasteiger partial charge in [-0.3, -0.25) is 0 Å². The molecule has 0 bridgehead atoms. The van der Waals surface area contributed by atoms with Gasteiger partial charge in [-0.1, -0.05) is 16.8 Å². The molecular weight excluding hydrogens is 249 g/mol. The minimum Gasteiger partial charge on any atom is -0.462 e. The topological polar surface area (TPSA) is 52.3 Å². The van der Waals surface area contributed by atoms with Gasteiger partial charge in [-0.25, -0.2) is 9.18 Å². The summed E-state index contributed by atoms with van der Waals surface area (Å²) in [7, 11) is 0. The second kappa shape index (κ2) is 5.22. The standard InChI is InChI=1S/C14H14FNO3/c1-4-18-14(17)12-9(3)19-16-13(12)10-7-8(2)5-6-11(10)15/h5-7H,4H2,1-3H3. The Bertz CT molecular complexity index is 619. The summed E-state index contributed by atoms with van der Waals surface area (Å²) < 4.78 is 23.8. The predicted molar refractivity (Wildman–Crippen MR) is 67.3 cm³/mol. The number of aryl methyl sites for hydroxylation is 2. The first-order valence-electron chi connectivity index (χ1n) is 5.94. The zero-order valence-electron chi connectivity index (χ0n) is 11.0. The van der Waals surface area contributed by atoms with Crippen LogP contribution in [0.15, 0.2) is 22.7 Å². The zero-order valence-corrected chi connectivity index (χ0v) is 11.0. The Hall–Kier alpha value is -2.17. The van der Waals surface area contributed by atoms with Crippen LogP contribution in [0.2, 0.25) is 0 Å². The third-order valence-electron chi connectivity index (χ3n) is 2.72. The van der Waals surface area contributed by atoms with Gasteiger partial charge in [0.25, 0.3) is 0 Å². The van der Waals surface area contributed by atoms with E-state index >= 15 is 0 Å². The summed E-state index contributed by atoms with van der Waals surface area (Å²) in [6, 6.07) is 4.61. The lowest BCUT2D eigenvalue weighted by molar-refractivity contribution is 0.0525. The fraction of sp³-hybridized carbons (Fsp3) is 0.286. The Balaban J connectivity index is 2.57. The minimum absolute atomic E-state index is 0.173. The highest BCUT2D eigenvalue weighted by molar-refractivity contribution is 5.97. The summed E-state index contributed by atoms with van der Waals surface area (Å²) in [5.41, 5.74) is 1.45. The first-order valence-corrected chi connectivity index (χ1v) is 5.94. The van der Waals surface area contributed by atoms with E-state index in [1.165, 1.54) is 6.07 Å². The van der Waals surface area contributed by atoms with E-state index in [0.717, 1.165) is 5.56 Å². The molecule has 0 amide bonds. The Morgan fingerprint density at radius 3 is 2.84 bits per heavy atom. The van der Waals surface area contributed by atoms with Gasteiger partial charge in [0.05, 0.1) is 6.61 Å². The highest BCUT2D eigenvalue weighted by Crippen LogP contribution is 2.28. The number of ether oxygens (including phenoxy) is 1. The van der Waals surface area contributed by atoms with Crippen molar-refractivity contribution in [3.63, 3.8) is 0 Å². The molecule has 0 saturated heterocycles. The number of benzene rings is 1. The summed E-state index contributed by atoms with van der Waals surface area (Å²) in [5.74, 6) is -0.698. The maximum atomic E-state index is 13.9. The molecule has 100 valence electrons. The van der Waals surface area contributed by atoms with E-state index in [4.69, 9.17) is 9.26 Å². The van der Waals surface area contributed by atoms with Crippen molar-refractivity contribution >= 4 is 5.97 Å². The fourth-order valence-electron chi connectivity index (χ4n) is 1.82. The highest BCUT2D eigenvalue weighted by Gasteiger charge is 2.24. The van der Waals surface area contributed by atoms with Crippen molar-refractivity contribution in [3.8, 4) is 11.3 Å². The number of aromatic nitrogens is 1. The molecule has 1 heterocycles. The Kier molecular flexibility index (Phi) is 3.64. The van der Waals surface area contributed by atoms with Crippen LogP contribution in [0.3, 0.4) is 0 Å². The van der Waals surface area contributed by atoms with Gasteiger partial charge in [-0.2, -0.15) is 0 Å². The van der Waals surface area contributed by atoms with Gasteiger partial charge in [-0.05, 0) is 32.9 Å². The van der Waals surface area contributed by atoms with E-state index in [2.05, 4.69) is 5.16 Å². The molecule has 2 aromatic rings. The van der Waals surface area contributed by atoms with E-state index in [9.17, 15) is 9.18 Å². The van der Waals surface area contributed by atoms with Crippen molar-refractivity contribution in [2.75, 3.05) is 6.61 Å². The van der Waals surface area contributed by atoms with Crippen LogP contribution >= 0.6 is 0 Å². The SMILES string of the molecule is CCOC(=O)c1c(-c2cc(C)ccc2F)noc1C. The van der Waals surface area contributed by atoms with Gasteiger partial charge >= 0.3 is 5.97 Å². The van der Waals surface area contributed by atoms with Crippen molar-refractivity contribution in [3.05, 3.63) is 40.9 Å². The van der Waals surface area contributed by atoms with Crippen molar-refractivity contribution in [1.82, 2.24) is 5.16 Å². The van der Waals surface area contributed by atoms with Crippen LogP contribution in [0.1, 0.15) is 28.6 Å². The second-order valence-electron chi connectivity index (χ2n) is 4.17. The monoisotopic (exact) mass is 263 g/mol. The first-order chi connectivity index (χ1) is 9.04. The van der Waals surface area contributed by atoms with Gasteiger partial charge in [0.15, 0.2) is 0 Å². The molecule has 4 nitrogen and oxygen atoms in total. The number of halogens is 1. The Labute approximate surface area is 110 Å². The maximum absolute atomic E-state index is 13.9. The molecule has 2 rings (SSSR count). The average molecular weight is 263 g/mol. The zero-order chi connectivity index (χ0) is 14.0. The Morgan fingerprint density at radius 1 is 1.42 bits per heavy atom. The number of nitrogens with zero attached hydrogens (tertiary/aromatic N) is 1. The third-order valence-corrected chi connectivity index (χ3v) is 2.72. The van der Waals surface area contributed by atoms with Crippen LogP contribution in [0.4, 0.5) is 4.39 Å². The number of esters is 1. The van der Waals surface area contributed by atoms with E-state index in [1.54, 1.807) is 26.0 Å². The molecule has 19 heavy (non-hydrogen) atoms. The van der Waals surface area contributed by atoms with Gasteiger partial charge in [-0.15, -0.1) is 0 Å². The van der Waals surface area contributed by atoms with E-state index in [0.29, 0.717) is 5.76 Å². The molecule has 1 aromatic carbocycles. The van der Waals surface area contributed by atoms with Crippen LogP contribution in [-0.2, 0) is 4.74 Å². The lowest BCUT2D eigenvalue weighted by atomic mass is 10.0. The van der Waals surface area contributed by atoms with E-state index in [-0.39, 0.29) is 23.4 Å². The third kappa shape index (κ3) is 2.50. The number of rotatable bonds is 3. The van der Waals surface area contributed by atoms with Gasteiger partial charge in [0.1, 0.15) is 22.8 Å². The molecule has 0 aliphatic carbocycles. The minimum atomic E-state index is -0.558. The molecule has 0 radical (unpaired) electrons. The fourth-order valence-corrected chi connectivity index (χ4v) is 1.82. The van der Waals surface area contributed by atoms with Crippen LogP contribution < -0.4 is 0 Å². The van der Waals surface area contributed by atoms with Crippen LogP contribution in [-0.4, -0.2) is 17.7 Å². The number of hydrogen-bond donors (Lipinski definition) is 0. The summed E-state index contributed by atoms with van der Waals surface area (Å²) in [4.78, 5) is 11.9. The van der Waals surface area contributed by atoms with Crippen molar-refractivity contribution in [2.45, 2.75) is 20.8 Å². The summed E-state index contributed by atoms with van der Waals surface area (Å²) in [6.07, 6.45) is 0.